The standard InChI is InChI=1S/C30H24ClN3O4S/c1-18-6-12-24-26(14-18)38-29(33-24)21-4-3-5-23(15-21)32-30(39)34-28(35)20-9-13-25(27(16-20)36-2)37-17-19-7-10-22(31)11-8-19/h3-16H,17H2,1-2H3,(H2,32,34,35,39). The smallest absolute Gasteiger partial charge is 0.257 e. The van der Waals surface area contributed by atoms with Gasteiger partial charge in [-0.25, -0.2) is 4.98 Å². The van der Waals surface area contributed by atoms with E-state index in [-0.39, 0.29) is 11.0 Å². The molecule has 0 unspecified atom stereocenters. The Morgan fingerprint density at radius 2 is 1.82 bits per heavy atom. The molecule has 1 aromatic heterocycles. The van der Waals surface area contributed by atoms with Gasteiger partial charge in [-0.2, -0.15) is 0 Å². The third-order valence-corrected chi connectivity index (χ3v) is 6.33. The predicted octanol–water partition coefficient (Wildman–Crippen LogP) is 7.17. The minimum absolute atomic E-state index is 0.146. The molecule has 0 aliphatic carbocycles. The molecular formula is C30H24ClN3O4S. The molecule has 5 aromatic rings. The number of anilines is 1. The highest BCUT2D eigenvalue weighted by molar-refractivity contribution is 7.80. The van der Waals surface area contributed by atoms with Crippen LogP contribution < -0.4 is 20.1 Å². The molecule has 0 aliphatic heterocycles. The number of carbonyl (C=O) groups is 1. The van der Waals surface area contributed by atoms with E-state index < -0.39 is 0 Å². The Hall–Kier alpha value is -4.40. The fraction of sp³-hybridized carbons (Fsp3) is 0.100. The van der Waals surface area contributed by atoms with Gasteiger partial charge in [-0.15, -0.1) is 0 Å². The van der Waals surface area contributed by atoms with Crippen molar-refractivity contribution in [1.82, 2.24) is 10.3 Å². The van der Waals surface area contributed by atoms with Gasteiger partial charge in [0, 0.05) is 21.8 Å². The molecule has 0 saturated carbocycles. The fourth-order valence-corrected chi connectivity index (χ4v) is 4.23. The summed E-state index contributed by atoms with van der Waals surface area (Å²) in [4.78, 5) is 17.4. The molecule has 9 heteroatoms. The molecular weight excluding hydrogens is 534 g/mol. The second-order valence-corrected chi connectivity index (χ2v) is 9.60. The van der Waals surface area contributed by atoms with Gasteiger partial charge in [-0.05, 0) is 90.9 Å². The first-order valence-electron chi connectivity index (χ1n) is 12.0. The van der Waals surface area contributed by atoms with Crippen LogP contribution in [0.25, 0.3) is 22.6 Å². The third-order valence-electron chi connectivity index (χ3n) is 5.87. The summed E-state index contributed by atoms with van der Waals surface area (Å²) in [5.74, 6) is 1.05. The van der Waals surface area contributed by atoms with Crippen molar-refractivity contribution in [3.05, 3.63) is 107 Å². The number of nitrogens with one attached hydrogen (secondary N) is 2. The maximum Gasteiger partial charge on any atom is 0.257 e. The molecule has 1 heterocycles. The number of nitrogens with zero attached hydrogens (tertiary/aromatic N) is 1. The van der Waals surface area contributed by atoms with Crippen LogP contribution >= 0.6 is 23.8 Å². The first-order valence-corrected chi connectivity index (χ1v) is 12.8. The zero-order valence-corrected chi connectivity index (χ0v) is 22.7. The van der Waals surface area contributed by atoms with Crippen LogP contribution in [0.5, 0.6) is 11.5 Å². The van der Waals surface area contributed by atoms with Crippen LogP contribution in [-0.4, -0.2) is 23.1 Å². The summed E-state index contributed by atoms with van der Waals surface area (Å²) in [6.45, 7) is 2.33. The van der Waals surface area contributed by atoms with Crippen LogP contribution in [0.4, 0.5) is 5.69 Å². The predicted molar refractivity (Wildman–Crippen MR) is 157 cm³/mol. The summed E-state index contributed by atoms with van der Waals surface area (Å²) in [7, 11) is 1.52. The quantitative estimate of drug-likeness (QED) is 0.205. The summed E-state index contributed by atoms with van der Waals surface area (Å²) >= 11 is 11.3. The van der Waals surface area contributed by atoms with Crippen molar-refractivity contribution >= 4 is 51.6 Å². The van der Waals surface area contributed by atoms with Crippen LogP contribution in [0.1, 0.15) is 21.5 Å². The average Bonchev–Trinajstić information content (AvgIpc) is 3.36. The molecule has 1 amide bonds. The Bertz CT molecular complexity index is 1670. The second kappa shape index (κ2) is 11.6. The van der Waals surface area contributed by atoms with Gasteiger partial charge in [0.1, 0.15) is 12.1 Å². The number of ether oxygens (including phenoxy) is 2. The summed E-state index contributed by atoms with van der Waals surface area (Å²) in [5.41, 5.74) is 5.39. The molecule has 5 rings (SSSR count). The Balaban J connectivity index is 1.23. The van der Waals surface area contributed by atoms with E-state index in [1.165, 1.54) is 7.11 Å². The van der Waals surface area contributed by atoms with Crippen LogP contribution in [0.15, 0.2) is 89.3 Å². The lowest BCUT2D eigenvalue weighted by Crippen LogP contribution is -2.34. The molecule has 0 spiro atoms. The van der Waals surface area contributed by atoms with E-state index >= 15 is 0 Å². The van der Waals surface area contributed by atoms with Crippen molar-refractivity contribution in [3.63, 3.8) is 0 Å². The van der Waals surface area contributed by atoms with Crippen LogP contribution in [0.2, 0.25) is 5.02 Å². The van der Waals surface area contributed by atoms with E-state index in [0.29, 0.717) is 40.3 Å². The van der Waals surface area contributed by atoms with Crippen molar-refractivity contribution in [2.45, 2.75) is 13.5 Å². The molecule has 0 atom stereocenters. The van der Waals surface area contributed by atoms with Crippen molar-refractivity contribution in [3.8, 4) is 23.0 Å². The summed E-state index contributed by atoms with van der Waals surface area (Å²) in [6, 6.07) is 25.6. The van der Waals surface area contributed by atoms with Crippen LogP contribution in [-0.2, 0) is 6.61 Å². The van der Waals surface area contributed by atoms with E-state index in [0.717, 1.165) is 27.8 Å². The highest BCUT2D eigenvalue weighted by atomic mass is 35.5. The molecule has 0 aliphatic rings. The zero-order chi connectivity index (χ0) is 27.4. The van der Waals surface area contributed by atoms with E-state index in [4.69, 9.17) is 37.7 Å². The number of aromatic nitrogens is 1. The van der Waals surface area contributed by atoms with E-state index in [1.54, 1.807) is 30.3 Å². The number of benzene rings is 4. The number of amides is 1. The number of rotatable bonds is 7. The van der Waals surface area contributed by atoms with Gasteiger partial charge in [0.2, 0.25) is 5.89 Å². The second-order valence-electron chi connectivity index (χ2n) is 8.76. The topological polar surface area (TPSA) is 85.6 Å². The van der Waals surface area contributed by atoms with Crippen molar-refractivity contribution in [2.24, 2.45) is 0 Å². The Labute approximate surface area is 235 Å². The number of methoxy groups -OCH3 is 1. The first-order chi connectivity index (χ1) is 18.9. The molecule has 0 saturated heterocycles. The number of thiocarbonyl (C=S) groups is 1. The highest BCUT2D eigenvalue weighted by Gasteiger charge is 2.14. The number of carbonyl (C=O) groups excluding carboxylic acids is 1. The lowest BCUT2D eigenvalue weighted by molar-refractivity contribution is 0.0977. The van der Waals surface area contributed by atoms with Gasteiger partial charge < -0.3 is 19.2 Å². The Morgan fingerprint density at radius 1 is 1.00 bits per heavy atom. The number of aryl methyl sites for hydroxylation is 1. The maximum atomic E-state index is 12.9. The number of hydrogen-bond donors (Lipinski definition) is 2. The van der Waals surface area contributed by atoms with Gasteiger partial charge in [0.15, 0.2) is 22.2 Å². The normalized spacial score (nSPS) is 10.7. The van der Waals surface area contributed by atoms with E-state index in [2.05, 4.69) is 15.6 Å². The monoisotopic (exact) mass is 557 g/mol. The average molecular weight is 558 g/mol. The lowest BCUT2D eigenvalue weighted by atomic mass is 10.2. The Morgan fingerprint density at radius 3 is 2.62 bits per heavy atom. The van der Waals surface area contributed by atoms with Crippen molar-refractivity contribution in [2.75, 3.05) is 12.4 Å². The lowest BCUT2D eigenvalue weighted by Gasteiger charge is -2.13. The first kappa shape index (κ1) is 26.2. The molecule has 0 bridgehead atoms. The van der Waals surface area contributed by atoms with E-state index in [9.17, 15) is 4.79 Å². The number of hydrogen-bond acceptors (Lipinski definition) is 6. The molecule has 0 fully saturated rings. The molecule has 196 valence electrons. The van der Waals surface area contributed by atoms with Gasteiger partial charge in [0.25, 0.3) is 5.91 Å². The highest BCUT2D eigenvalue weighted by Crippen LogP contribution is 2.29. The molecule has 7 nitrogen and oxygen atoms in total. The van der Waals surface area contributed by atoms with Crippen LogP contribution in [0, 0.1) is 6.92 Å². The number of oxazole rings is 1. The molecule has 4 aromatic carbocycles. The minimum atomic E-state index is -0.388. The van der Waals surface area contributed by atoms with Crippen molar-refractivity contribution < 1.29 is 18.7 Å². The summed E-state index contributed by atoms with van der Waals surface area (Å²) in [6.07, 6.45) is 0. The minimum Gasteiger partial charge on any atom is -0.493 e. The molecule has 39 heavy (non-hydrogen) atoms. The zero-order valence-electron chi connectivity index (χ0n) is 21.2. The summed E-state index contributed by atoms with van der Waals surface area (Å²) < 4.78 is 17.2. The fourth-order valence-electron chi connectivity index (χ4n) is 3.89. The Kier molecular flexibility index (Phi) is 7.76. The van der Waals surface area contributed by atoms with Gasteiger partial charge in [0.05, 0.1) is 7.11 Å². The van der Waals surface area contributed by atoms with Crippen LogP contribution in [0.3, 0.4) is 0 Å². The largest absolute Gasteiger partial charge is 0.493 e. The van der Waals surface area contributed by atoms with Gasteiger partial charge in [-0.1, -0.05) is 35.9 Å². The summed E-state index contributed by atoms with van der Waals surface area (Å²) in [5, 5.41) is 6.54. The maximum absolute atomic E-state index is 12.9. The van der Waals surface area contributed by atoms with Gasteiger partial charge in [-0.3, -0.25) is 10.1 Å². The number of fused-ring (bicyclic) bond motifs is 1. The third kappa shape index (κ3) is 6.37. The van der Waals surface area contributed by atoms with Gasteiger partial charge >= 0.3 is 0 Å². The van der Waals surface area contributed by atoms with Crippen molar-refractivity contribution in [1.29, 1.82) is 0 Å². The molecule has 2 N–H and O–H groups in total. The SMILES string of the molecule is COc1cc(C(=O)NC(=S)Nc2cccc(-c3nc4ccc(C)cc4o3)c2)ccc1OCc1ccc(Cl)cc1. The van der Waals surface area contributed by atoms with E-state index in [1.807, 2.05) is 61.5 Å². The molecule has 0 radical (unpaired) electrons. The number of halogens is 1.